The third kappa shape index (κ3) is 5.38. The van der Waals surface area contributed by atoms with E-state index in [4.69, 9.17) is 4.74 Å². The van der Waals surface area contributed by atoms with Crippen LogP contribution in [0.2, 0.25) is 0 Å². The molecule has 0 aliphatic carbocycles. The Morgan fingerprint density at radius 3 is 2.59 bits per heavy atom. The minimum absolute atomic E-state index is 0.101. The maximum Gasteiger partial charge on any atom is 0.328 e. The van der Waals surface area contributed by atoms with Crippen LogP contribution >= 0.6 is 15.9 Å². The fraction of sp³-hybridized carbons (Fsp3) is 0.474. The molecule has 0 spiro atoms. The highest BCUT2D eigenvalue weighted by Crippen LogP contribution is 2.26. The van der Waals surface area contributed by atoms with E-state index < -0.39 is 12.0 Å². The molecule has 8 heteroatoms. The first kappa shape index (κ1) is 21.1. The minimum atomic E-state index is -0.731. The quantitative estimate of drug-likeness (QED) is 0.363. The van der Waals surface area contributed by atoms with E-state index in [2.05, 4.69) is 21.2 Å². The second-order valence-electron chi connectivity index (χ2n) is 6.37. The lowest BCUT2D eigenvalue weighted by Gasteiger charge is -2.15. The average molecular weight is 439 g/mol. The number of carbonyl (C=O) groups excluding carboxylic acids is 4. The molecule has 1 aromatic carbocycles. The number of carbonyl (C=O) groups is 4. The predicted molar refractivity (Wildman–Crippen MR) is 102 cm³/mol. The Bertz CT molecular complexity index is 750. The third-order valence-electron chi connectivity index (χ3n) is 4.19. The Morgan fingerprint density at radius 1 is 1.19 bits per heavy atom. The number of hydrogen-bond acceptors (Lipinski definition) is 5. The second-order valence-corrected chi connectivity index (χ2v) is 7.28. The highest BCUT2D eigenvalue weighted by Gasteiger charge is 2.35. The van der Waals surface area contributed by atoms with Gasteiger partial charge in [-0.05, 0) is 38.0 Å². The largest absolute Gasteiger partial charge is 0.464 e. The van der Waals surface area contributed by atoms with Crippen molar-refractivity contribution in [2.24, 2.45) is 0 Å². The van der Waals surface area contributed by atoms with Crippen molar-refractivity contribution in [3.05, 3.63) is 33.8 Å². The van der Waals surface area contributed by atoms with Gasteiger partial charge in [-0.3, -0.25) is 19.3 Å². The number of fused-ring (bicyclic) bond motifs is 1. The summed E-state index contributed by atoms with van der Waals surface area (Å²) in [5, 5.41) is 2.57. The van der Waals surface area contributed by atoms with Gasteiger partial charge >= 0.3 is 5.97 Å². The summed E-state index contributed by atoms with van der Waals surface area (Å²) >= 11 is 3.29. The van der Waals surface area contributed by atoms with Crippen molar-refractivity contribution in [2.75, 3.05) is 13.2 Å². The zero-order valence-electron chi connectivity index (χ0n) is 15.4. The molecule has 7 nitrogen and oxygen atoms in total. The van der Waals surface area contributed by atoms with Crippen LogP contribution in [0.1, 0.15) is 60.2 Å². The number of unbranched alkanes of at least 4 members (excludes halogenated alkanes) is 1. The van der Waals surface area contributed by atoms with E-state index in [-0.39, 0.29) is 30.7 Å². The molecule has 1 N–H and O–H groups in total. The van der Waals surface area contributed by atoms with Gasteiger partial charge in [-0.15, -0.1) is 0 Å². The van der Waals surface area contributed by atoms with Crippen molar-refractivity contribution < 1.29 is 23.9 Å². The Labute approximate surface area is 166 Å². The first-order chi connectivity index (χ1) is 12.8. The summed E-state index contributed by atoms with van der Waals surface area (Å²) in [6.45, 7) is 4.04. The molecule has 1 aromatic rings. The lowest BCUT2D eigenvalue weighted by Crippen LogP contribution is -2.40. The van der Waals surface area contributed by atoms with Crippen LogP contribution in [0.25, 0.3) is 0 Å². The molecular formula is C19H23BrN2O5. The number of esters is 1. The van der Waals surface area contributed by atoms with Gasteiger partial charge in [0, 0.05) is 17.4 Å². The Hall–Kier alpha value is -2.22. The number of imide groups is 1. The van der Waals surface area contributed by atoms with Crippen LogP contribution in [-0.2, 0) is 14.3 Å². The van der Waals surface area contributed by atoms with E-state index in [0.717, 1.165) is 22.2 Å². The SMILES string of the molecule is CCCCOC(=O)[C@H](C)NC(=O)CCCN1C(=O)c2ccc(Br)cc2C1=O. The summed E-state index contributed by atoms with van der Waals surface area (Å²) in [5.74, 6) is -1.50. The lowest BCUT2D eigenvalue weighted by atomic mass is 10.1. The number of benzene rings is 1. The smallest absolute Gasteiger partial charge is 0.328 e. The zero-order valence-corrected chi connectivity index (χ0v) is 17.0. The molecule has 1 heterocycles. The zero-order chi connectivity index (χ0) is 20.0. The average Bonchev–Trinajstić information content (AvgIpc) is 2.86. The fourth-order valence-electron chi connectivity index (χ4n) is 2.68. The Morgan fingerprint density at radius 2 is 1.89 bits per heavy atom. The number of amides is 3. The molecule has 0 unspecified atom stereocenters. The van der Waals surface area contributed by atoms with Gasteiger partial charge in [0.05, 0.1) is 17.7 Å². The van der Waals surface area contributed by atoms with E-state index in [0.29, 0.717) is 24.2 Å². The summed E-state index contributed by atoms with van der Waals surface area (Å²) in [7, 11) is 0. The van der Waals surface area contributed by atoms with Crippen LogP contribution in [0.5, 0.6) is 0 Å². The maximum atomic E-state index is 12.3. The van der Waals surface area contributed by atoms with Crippen LogP contribution in [0, 0.1) is 0 Å². The maximum absolute atomic E-state index is 12.3. The molecule has 0 fully saturated rings. The third-order valence-corrected chi connectivity index (χ3v) is 4.68. The molecule has 1 aliphatic heterocycles. The minimum Gasteiger partial charge on any atom is -0.464 e. The van der Waals surface area contributed by atoms with E-state index in [9.17, 15) is 19.2 Å². The highest BCUT2D eigenvalue weighted by molar-refractivity contribution is 9.10. The Kier molecular flexibility index (Phi) is 7.53. The van der Waals surface area contributed by atoms with Gasteiger partial charge in [0.25, 0.3) is 11.8 Å². The van der Waals surface area contributed by atoms with Crippen LogP contribution in [0.15, 0.2) is 22.7 Å². The summed E-state index contributed by atoms with van der Waals surface area (Å²) < 4.78 is 5.77. The standard InChI is InChI=1S/C19H23BrN2O5/c1-3-4-10-27-19(26)12(2)21-16(23)6-5-9-22-17(24)14-8-7-13(20)11-15(14)18(22)25/h7-8,11-12H,3-6,9-10H2,1-2H3,(H,21,23)/t12-/m0/s1. The molecule has 0 saturated carbocycles. The molecular weight excluding hydrogens is 416 g/mol. The molecule has 1 atom stereocenters. The van der Waals surface area contributed by atoms with Gasteiger partial charge in [-0.2, -0.15) is 0 Å². The molecule has 0 saturated heterocycles. The summed E-state index contributed by atoms with van der Waals surface area (Å²) in [4.78, 5) is 49.5. The van der Waals surface area contributed by atoms with Crippen LogP contribution in [-0.4, -0.2) is 47.8 Å². The first-order valence-electron chi connectivity index (χ1n) is 8.97. The van der Waals surface area contributed by atoms with Crippen LogP contribution in [0.4, 0.5) is 0 Å². The van der Waals surface area contributed by atoms with Gasteiger partial charge in [0.2, 0.25) is 5.91 Å². The van der Waals surface area contributed by atoms with Crippen molar-refractivity contribution in [2.45, 2.75) is 45.6 Å². The lowest BCUT2D eigenvalue weighted by molar-refractivity contribution is -0.147. The number of nitrogens with zero attached hydrogens (tertiary/aromatic N) is 1. The van der Waals surface area contributed by atoms with E-state index in [1.807, 2.05) is 6.92 Å². The number of nitrogens with one attached hydrogen (secondary N) is 1. The molecule has 146 valence electrons. The number of hydrogen-bond donors (Lipinski definition) is 1. The summed E-state index contributed by atoms with van der Waals surface area (Å²) in [5.41, 5.74) is 0.735. The van der Waals surface area contributed by atoms with Crippen molar-refractivity contribution in [3.8, 4) is 0 Å². The van der Waals surface area contributed by atoms with Gasteiger partial charge in [0.1, 0.15) is 6.04 Å². The topological polar surface area (TPSA) is 92.8 Å². The number of halogens is 1. The number of ether oxygens (including phenoxy) is 1. The van der Waals surface area contributed by atoms with E-state index in [1.165, 1.54) is 0 Å². The molecule has 0 bridgehead atoms. The van der Waals surface area contributed by atoms with Gasteiger partial charge in [0.15, 0.2) is 0 Å². The van der Waals surface area contributed by atoms with Crippen molar-refractivity contribution in [1.82, 2.24) is 10.2 Å². The predicted octanol–water partition coefficient (Wildman–Crippen LogP) is 2.67. The first-order valence-corrected chi connectivity index (χ1v) is 9.76. The molecule has 0 radical (unpaired) electrons. The van der Waals surface area contributed by atoms with Crippen molar-refractivity contribution in [3.63, 3.8) is 0 Å². The van der Waals surface area contributed by atoms with Crippen molar-refractivity contribution >= 4 is 39.6 Å². The fourth-order valence-corrected chi connectivity index (χ4v) is 3.04. The molecule has 3 amide bonds. The second kappa shape index (κ2) is 9.64. The van der Waals surface area contributed by atoms with Crippen LogP contribution in [0.3, 0.4) is 0 Å². The molecule has 0 aromatic heterocycles. The summed E-state index contributed by atoms with van der Waals surface area (Å²) in [6.07, 6.45) is 2.12. The van der Waals surface area contributed by atoms with Gasteiger partial charge < -0.3 is 10.1 Å². The molecule has 1 aliphatic rings. The monoisotopic (exact) mass is 438 g/mol. The molecule has 27 heavy (non-hydrogen) atoms. The number of rotatable bonds is 9. The molecule has 2 rings (SSSR count). The summed E-state index contributed by atoms with van der Waals surface area (Å²) in [6, 6.07) is 4.21. The van der Waals surface area contributed by atoms with Gasteiger partial charge in [-0.25, -0.2) is 4.79 Å². The van der Waals surface area contributed by atoms with Crippen molar-refractivity contribution in [1.29, 1.82) is 0 Å². The van der Waals surface area contributed by atoms with E-state index >= 15 is 0 Å². The van der Waals surface area contributed by atoms with Gasteiger partial charge in [-0.1, -0.05) is 29.3 Å². The normalized spacial score (nSPS) is 14.1. The Balaban J connectivity index is 1.78. The van der Waals surface area contributed by atoms with Crippen LogP contribution < -0.4 is 5.32 Å². The van der Waals surface area contributed by atoms with E-state index in [1.54, 1.807) is 25.1 Å². The highest BCUT2D eigenvalue weighted by atomic mass is 79.9.